The number of aryl methyl sites for hydroxylation is 2. The van der Waals surface area contributed by atoms with Crippen molar-refractivity contribution in [2.75, 3.05) is 14.1 Å². The Morgan fingerprint density at radius 1 is 1.05 bits per heavy atom. The molecule has 0 heterocycles. The van der Waals surface area contributed by atoms with Gasteiger partial charge in [0.15, 0.2) is 0 Å². The second kappa shape index (κ2) is 6.77. The van der Waals surface area contributed by atoms with Crippen molar-refractivity contribution in [1.29, 1.82) is 0 Å². The summed E-state index contributed by atoms with van der Waals surface area (Å²) in [6, 6.07) is 12.4. The second-order valence-electron chi connectivity index (χ2n) is 5.54. The van der Waals surface area contributed by atoms with Crippen LogP contribution in [0.15, 0.2) is 41.4 Å². The standard InChI is InChI=1S/C18H21ClN2/c1-13-10-18(20-12-21(3)4)14(2)9-16(13)11-15-7-5-6-8-17(15)19/h5-10,12H,11H2,1-4H3. The Hall–Kier alpha value is -1.80. The van der Waals surface area contributed by atoms with Crippen molar-refractivity contribution >= 4 is 23.6 Å². The monoisotopic (exact) mass is 300 g/mol. The molecule has 0 unspecified atom stereocenters. The summed E-state index contributed by atoms with van der Waals surface area (Å²) in [6.45, 7) is 4.22. The molecule has 2 nitrogen and oxygen atoms in total. The van der Waals surface area contributed by atoms with Gasteiger partial charge in [0.2, 0.25) is 0 Å². The van der Waals surface area contributed by atoms with E-state index in [1.165, 1.54) is 16.7 Å². The van der Waals surface area contributed by atoms with Gasteiger partial charge in [0.1, 0.15) is 0 Å². The van der Waals surface area contributed by atoms with E-state index in [0.29, 0.717) is 0 Å². The highest BCUT2D eigenvalue weighted by molar-refractivity contribution is 6.31. The minimum Gasteiger partial charge on any atom is -0.369 e. The molecule has 0 aliphatic carbocycles. The zero-order valence-electron chi connectivity index (χ0n) is 13.0. The maximum atomic E-state index is 6.25. The smallest absolute Gasteiger partial charge is 0.0907 e. The lowest BCUT2D eigenvalue weighted by atomic mass is 9.97. The van der Waals surface area contributed by atoms with Crippen LogP contribution >= 0.6 is 11.6 Å². The molecule has 0 aliphatic rings. The third-order valence-corrected chi connectivity index (χ3v) is 3.79. The fourth-order valence-corrected chi connectivity index (χ4v) is 2.42. The van der Waals surface area contributed by atoms with Crippen LogP contribution in [0.5, 0.6) is 0 Å². The van der Waals surface area contributed by atoms with E-state index in [4.69, 9.17) is 11.6 Å². The molecule has 0 aromatic heterocycles. The molecule has 21 heavy (non-hydrogen) atoms. The first-order valence-corrected chi connectivity index (χ1v) is 7.39. The van der Waals surface area contributed by atoms with Crippen molar-refractivity contribution in [3.63, 3.8) is 0 Å². The SMILES string of the molecule is Cc1cc(N=CN(C)C)c(C)cc1Cc1ccccc1Cl. The van der Waals surface area contributed by atoms with Crippen LogP contribution in [-0.4, -0.2) is 25.3 Å². The van der Waals surface area contributed by atoms with Gasteiger partial charge in [-0.15, -0.1) is 0 Å². The highest BCUT2D eigenvalue weighted by Crippen LogP contribution is 2.26. The fraction of sp³-hybridized carbons (Fsp3) is 0.278. The lowest BCUT2D eigenvalue weighted by molar-refractivity contribution is 0.643. The Balaban J connectivity index is 2.30. The first-order valence-electron chi connectivity index (χ1n) is 7.01. The van der Waals surface area contributed by atoms with Crippen LogP contribution in [0.4, 0.5) is 5.69 Å². The molecule has 0 N–H and O–H groups in total. The van der Waals surface area contributed by atoms with E-state index in [1.54, 1.807) is 0 Å². The molecule has 0 aliphatic heterocycles. The number of aliphatic imine (C=N–C) groups is 1. The minimum atomic E-state index is 0.823. The van der Waals surface area contributed by atoms with Crippen molar-refractivity contribution in [1.82, 2.24) is 4.90 Å². The number of hydrogen-bond acceptors (Lipinski definition) is 1. The van der Waals surface area contributed by atoms with Gasteiger partial charge in [-0.3, -0.25) is 0 Å². The highest BCUT2D eigenvalue weighted by atomic mass is 35.5. The van der Waals surface area contributed by atoms with Gasteiger partial charge in [0.25, 0.3) is 0 Å². The zero-order valence-corrected chi connectivity index (χ0v) is 13.8. The van der Waals surface area contributed by atoms with Gasteiger partial charge in [0.05, 0.1) is 12.0 Å². The van der Waals surface area contributed by atoms with Crippen molar-refractivity contribution in [3.05, 3.63) is 63.7 Å². The van der Waals surface area contributed by atoms with Gasteiger partial charge in [-0.1, -0.05) is 35.9 Å². The van der Waals surface area contributed by atoms with Crippen molar-refractivity contribution in [3.8, 4) is 0 Å². The maximum Gasteiger partial charge on any atom is 0.0907 e. The van der Waals surface area contributed by atoms with Gasteiger partial charge in [-0.25, -0.2) is 4.99 Å². The predicted molar refractivity (Wildman–Crippen MR) is 92.0 cm³/mol. The average Bonchev–Trinajstić information content (AvgIpc) is 2.43. The number of nitrogens with zero attached hydrogens (tertiary/aromatic N) is 2. The van der Waals surface area contributed by atoms with Crippen LogP contribution in [-0.2, 0) is 6.42 Å². The third-order valence-electron chi connectivity index (χ3n) is 3.42. The van der Waals surface area contributed by atoms with E-state index in [0.717, 1.165) is 22.7 Å². The van der Waals surface area contributed by atoms with E-state index in [1.807, 2.05) is 43.5 Å². The Morgan fingerprint density at radius 3 is 2.43 bits per heavy atom. The van der Waals surface area contributed by atoms with Crippen LogP contribution in [0.1, 0.15) is 22.3 Å². The Labute approximate surface area is 132 Å². The topological polar surface area (TPSA) is 15.6 Å². The summed E-state index contributed by atoms with van der Waals surface area (Å²) < 4.78 is 0. The number of rotatable bonds is 4. The zero-order chi connectivity index (χ0) is 15.4. The molecule has 2 rings (SSSR count). The van der Waals surface area contributed by atoms with Crippen LogP contribution in [0.2, 0.25) is 5.02 Å². The molecule has 2 aromatic rings. The van der Waals surface area contributed by atoms with Gasteiger partial charge in [-0.2, -0.15) is 0 Å². The van der Waals surface area contributed by atoms with Gasteiger partial charge in [0, 0.05) is 19.1 Å². The quantitative estimate of drug-likeness (QED) is 0.586. The normalized spacial score (nSPS) is 11.1. The van der Waals surface area contributed by atoms with Crippen LogP contribution in [0.3, 0.4) is 0 Å². The molecule has 0 fully saturated rings. The molecule has 110 valence electrons. The Bertz CT molecular complexity index is 660. The molecular formula is C18H21ClN2. The van der Waals surface area contributed by atoms with Crippen LogP contribution < -0.4 is 0 Å². The summed E-state index contributed by atoms with van der Waals surface area (Å²) in [4.78, 5) is 6.44. The molecule has 3 heteroatoms. The molecule has 0 saturated heterocycles. The summed E-state index contributed by atoms with van der Waals surface area (Å²) in [7, 11) is 3.94. The maximum absolute atomic E-state index is 6.25. The van der Waals surface area contributed by atoms with Crippen molar-refractivity contribution < 1.29 is 0 Å². The summed E-state index contributed by atoms with van der Waals surface area (Å²) in [5.41, 5.74) is 5.90. The number of hydrogen-bond donors (Lipinski definition) is 0. The lowest BCUT2D eigenvalue weighted by Gasteiger charge is -2.11. The van der Waals surface area contributed by atoms with E-state index < -0.39 is 0 Å². The molecule has 0 radical (unpaired) electrons. The van der Waals surface area contributed by atoms with Gasteiger partial charge in [-0.05, 0) is 54.7 Å². The van der Waals surface area contributed by atoms with Crippen molar-refractivity contribution in [2.24, 2.45) is 4.99 Å². The van der Waals surface area contributed by atoms with Gasteiger partial charge >= 0.3 is 0 Å². The molecular weight excluding hydrogens is 280 g/mol. The predicted octanol–water partition coefficient (Wildman–Crippen LogP) is 4.77. The Morgan fingerprint density at radius 2 is 1.76 bits per heavy atom. The summed E-state index contributed by atoms with van der Waals surface area (Å²) in [5, 5.41) is 0.823. The van der Waals surface area contributed by atoms with Crippen LogP contribution in [0, 0.1) is 13.8 Å². The second-order valence-corrected chi connectivity index (χ2v) is 5.95. The molecule has 2 aromatic carbocycles. The molecule has 0 spiro atoms. The summed E-state index contributed by atoms with van der Waals surface area (Å²) in [6.07, 6.45) is 2.68. The molecule has 0 atom stereocenters. The average molecular weight is 301 g/mol. The van der Waals surface area contributed by atoms with E-state index >= 15 is 0 Å². The third kappa shape index (κ3) is 4.08. The van der Waals surface area contributed by atoms with E-state index in [2.05, 4.69) is 37.0 Å². The summed E-state index contributed by atoms with van der Waals surface area (Å²) in [5.74, 6) is 0. The van der Waals surface area contributed by atoms with Crippen LogP contribution in [0.25, 0.3) is 0 Å². The largest absolute Gasteiger partial charge is 0.369 e. The number of halogens is 1. The minimum absolute atomic E-state index is 0.823. The number of benzene rings is 2. The molecule has 0 bridgehead atoms. The summed E-state index contributed by atoms with van der Waals surface area (Å²) >= 11 is 6.25. The first kappa shape index (κ1) is 15.6. The fourth-order valence-electron chi connectivity index (χ4n) is 2.21. The van der Waals surface area contributed by atoms with Gasteiger partial charge < -0.3 is 4.90 Å². The van der Waals surface area contributed by atoms with E-state index in [-0.39, 0.29) is 0 Å². The molecule has 0 saturated carbocycles. The lowest BCUT2D eigenvalue weighted by Crippen LogP contribution is -2.07. The highest BCUT2D eigenvalue weighted by Gasteiger charge is 2.07. The first-order chi connectivity index (χ1) is 9.97. The molecule has 0 amide bonds. The van der Waals surface area contributed by atoms with Crippen molar-refractivity contribution in [2.45, 2.75) is 20.3 Å². The Kier molecular flexibility index (Phi) is 5.03. The van der Waals surface area contributed by atoms with E-state index in [9.17, 15) is 0 Å².